The maximum Gasteiger partial charge on any atom is 0.229 e. The molecule has 1 aromatic heterocycles. The highest BCUT2D eigenvalue weighted by Crippen LogP contribution is 2.15. The second-order valence-corrected chi connectivity index (χ2v) is 3.93. The van der Waals surface area contributed by atoms with Crippen molar-refractivity contribution in [2.75, 3.05) is 11.9 Å². The molecule has 1 rings (SSSR count). The Morgan fingerprint density at radius 1 is 1.62 bits per heavy atom. The van der Waals surface area contributed by atoms with Crippen LogP contribution in [-0.2, 0) is 4.79 Å². The van der Waals surface area contributed by atoms with Gasteiger partial charge in [-0.2, -0.15) is 0 Å². The van der Waals surface area contributed by atoms with Crippen molar-refractivity contribution in [2.45, 2.75) is 13.8 Å². The summed E-state index contributed by atoms with van der Waals surface area (Å²) in [7, 11) is 0. The van der Waals surface area contributed by atoms with Crippen LogP contribution in [0.3, 0.4) is 0 Å². The number of carbonyl (C=O) groups excluding carboxylic acids is 1. The summed E-state index contributed by atoms with van der Waals surface area (Å²) in [6.45, 7) is 4.05. The van der Waals surface area contributed by atoms with Crippen molar-refractivity contribution in [3.8, 4) is 0 Å². The molecule has 0 aromatic carbocycles. The molecule has 0 aliphatic heterocycles. The van der Waals surface area contributed by atoms with E-state index in [1.165, 1.54) is 12.3 Å². The number of nitrogens with zero attached hydrogens (tertiary/aromatic N) is 1. The first kappa shape index (κ1) is 12.6. The van der Waals surface area contributed by atoms with Crippen LogP contribution < -0.4 is 11.1 Å². The molecule has 1 amide bonds. The Balaban J connectivity index is 2.74. The number of carbonyl (C=O) groups is 1. The molecule has 0 bridgehead atoms. The molecule has 0 fully saturated rings. The molecule has 1 atom stereocenters. The predicted molar refractivity (Wildman–Crippen MR) is 60.2 cm³/mol. The van der Waals surface area contributed by atoms with Crippen LogP contribution in [0.4, 0.5) is 10.1 Å². The maximum absolute atomic E-state index is 13.2. The smallest absolute Gasteiger partial charge is 0.229 e. The number of hydrogen-bond acceptors (Lipinski definition) is 3. The van der Waals surface area contributed by atoms with Gasteiger partial charge in [0.05, 0.1) is 17.8 Å². The van der Waals surface area contributed by atoms with Gasteiger partial charge in [0.2, 0.25) is 5.91 Å². The number of nitrogens with two attached hydrogens (primary N) is 1. The fourth-order valence-corrected chi connectivity index (χ4v) is 1.38. The molecule has 0 saturated carbocycles. The van der Waals surface area contributed by atoms with E-state index in [0.717, 1.165) is 6.20 Å². The maximum atomic E-state index is 13.2. The van der Waals surface area contributed by atoms with Gasteiger partial charge in [0, 0.05) is 12.7 Å². The van der Waals surface area contributed by atoms with E-state index in [0.29, 0.717) is 0 Å². The fourth-order valence-electron chi connectivity index (χ4n) is 1.38. The van der Waals surface area contributed by atoms with Crippen LogP contribution in [0, 0.1) is 17.7 Å². The van der Waals surface area contributed by atoms with E-state index in [1.54, 1.807) is 0 Å². The Hall–Kier alpha value is -1.49. The van der Waals surface area contributed by atoms with Crippen molar-refractivity contribution in [1.82, 2.24) is 4.98 Å². The van der Waals surface area contributed by atoms with Gasteiger partial charge < -0.3 is 11.1 Å². The summed E-state index contributed by atoms with van der Waals surface area (Å²) in [5.41, 5.74) is 5.64. The van der Waals surface area contributed by atoms with E-state index in [9.17, 15) is 9.18 Å². The van der Waals surface area contributed by atoms with Gasteiger partial charge in [-0.15, -0.1) is 0 Å². The SMILES string of the molecule is CC(C)C(CN)C(=O)Nc1ccncc1F. The van der Waals surface area contributed by atoms with Gasteiger partial charge in [0.15, 0.2) is 5.82 Å². The van der Waals surface area contributed by atoms with Crippen LogP contribution in [0.5, 0.6) is 0 Å². The van der Waals surface area contributed by atoms with Crippen LogP contribution >= 0.6 is 0 Å². The molecule has 0 aliphatic carbocycles. The summed E-state index contributed by atoms with van der Waals surface area (Å²) in [5.74, 6) is -1.000. The molecule has 0 radical (unpaired) electrons. The monoisotopic (exact) mass is 225 g/mol. The van der Waals surface area contributed by atoms with E-state index in [2.05, 4.69) is 10.3 Å². The summed E-state index contributed by atoms with van der Waals surface area (Å²) in [4.78, 5) is 15.4. The van der Waals surface area contributed by atoms with Gasteiger partial charge in [-0.25, -0.2) is 4.39 Å². The van der Waals surface area contributed by atoms with E-state index >= 15 is 0 Å². The average Bonchev–Trinajstić information content (AvgIpc) is 2.22. The Kier molecular flexibility index (Phi) is 4.37. The number of hydrogen-bond donors (Lipinski definition) is 2. The second-order valence-electron chi connectivity index (χ2n) is 3.93. The number of halogens is 1. The van der Waals surface area contributed by atoms with Crippen LogP contribution in [-0.4, -0.2) is 17.4 Å². The van der Waals surface area contributed by atoms with E-state index in [4.69, 9.17) is 5.73 Å². The van der Waals surface area contributed by atoms with Crippen molar-refractivity contribution in [1.29, 1.82) is 0 Å². The van der Waals surface area contributed by atoms with Gasteiger partial charge >= 0.3 is 0 Å². The first-order chi connectivity index (χ1) is 7.56. The lowest BCUT2D eigenvalue weighted by Gasteiger charge is -2.18. The topological polar surface area (TPSA) is 68.0 Å². The molecule has 0 spiro atoms. The zero-order chi connectivity index (χ0) is 12.1. The van der Waals surface area contributed by atoms with Crippen LogP contribution in [0.1, 0.15) is 13.8 Å². The molecule has 4 nitrogen and oxygen atoms in total. The molecule has 3 N–H and O–H groups in total. The van der Waals surface area contributed by atoms with Crippen molar-refractivity contribution in [2.24, 2.45) is 17.6 Å². The lowest BCUT2D eigenvalue weighted by atomic mass is 9.95. The number of pyridine rings is 1. The van der Waals surface area contributed by atoms with Crippen molar-refractivity contribution in [3.63, 3.8) is 0 Å². The lowest BCUT2D eigenvalue weighted by Crippen LogP contribution is -2.33. The number of nitrogens with one attached hydrogen (secondary N) is 1. The van der Waals surface area contributed by atoms with Crippen molar-refractivity contribution >= 4 is 11.6 Å². The Morgan fingerprint density at radius 2 is 2.31 bits per heavy atom. The minimum absolute atomic E-state index is 0.120. The number of amides is 1. The zero-order valence-corrected chi connectivity index (χ0v) is 9.40. The van der Waals surface area contributed by atoms with Crippen LogP contribution in [0.25, 0.3) is 0 Å². The molecule has 88 valence electrons. The van der Waals surface area contributed by atoms with Gasteiger partial charge in [-0.05, 0) is 12.0 Å². The fraction of sp³-hybridized carbons (Fsp3) is 0.455. The zero-order valence-electron chi connectivity index (χ0n) is 9.40. The molecular weight excluding hydrogens is 209 g/mol. The molecule has 1 unspecified atom stereocenters. The van der Waals surface area contributed by atoms with Gasteiger partial charge in [-0.1, -0.05) is 13.8 Å². The Bertz CT molecular complexity index is 368. The first-order valence-corrected chi connectivity index (χ1v) is 5.16. The summed E-state index contributed by atoms with van der Waals surface area (Å²) in [6, 6.07) is 1.42. The van der Waals surface area contributed by atoms with Gasteiger partial charge in [-0.3, -0.25) is 9.78 Å². The minimum Gasteiger partial charge on any atom is -0.330 e. The third kappa shape index (κ3) is 3.00. The molecule has 0 aliphatic rings. The summed E-state index contributed by atoms with van der Waals surface area (Å²) >= 11 is 0. The summed E-state index contributed by atoms with van der Waals surface area (Å²) in [6.07, 6.45) is 2.48. The van der Waals surface area contributed by atoms with Crippen LogP contribution in [0.2, 0.25) is 0 Å². The third-order valence-corrected chi connectivity index (χ3v) is 2.43. The number of anilines is 1. The highest BCUT2D eigenvalue weighted by atomic mass is 19.1. The standard InChI is InChI=1S/C11H16FN3O/c1-7(2)8(5-13)11(16)15-10-3-4-14-6-9(10)12/h3-4,6-8H,5,13H2,1-2H3,(H,14,15,16). The Morgan fingerprint density at radius 3 is 2.81 bits per heavy atom. The van der Waals surface area contributed by atoms with Crippen molar-refractivity contribution in [3.05, 3.63) is 24.3 Å². The second kappa shape index (κ2) is 5.55. The predicted octanol–water partition coefficient (Wildman–Crippen LogP) is 1.39. The largest absolute Gasteiger partial charge is 0.330 e. The molecule has 1 aromatic rings. The first-order valence-electron chi connectivity index (χ1n) is 5.16. The Labute approximate surface area is 94.1 Å². The minimum atomic E-state index is -0.546. The van der Waals surface area contributed by atoms with E-state index < -0.39 is 5.82 Å². The van der Waals surface area contributed by atoms with E-state index in [1.807, 2.05) is 13.8 Å². The lowest BCUT2D eigenvalue weighted by molar-refractivity contribution is -0.120. The van der Waals surface area contributed by atoms with Gasteiger partial charge in [0.25, 0.3) is 0 Å². The highest BCUT2D eigenvalue weighted by Gasteiger charge is 2.21. The normalized spacial score (nSPS) is 12.6. The molecule has 1 heterocycles. The van der Waals surface area contributed by atoms with Crippen molar-refractivity contribution < 1.29 is 9.18 Å². The third-order valence-electron chi connectivity index (χ3n) is 2.43. The summed E-state index contributed by atoms with van der Waals surface area (Å²) in [5, 5.41) is 2.51. The summed E-state index contributed by atoms with van der Waals surface area (Å²) < 4.78 is 13.2. The quantitative estimate of drug-likeness (QED) is 0.813. The number of rotatable bonds is 4. The van der Waals surface area contributed by atoms with Gasteiger partial charge in [0.1, 0.15) is 0 Å². The number of aromatic nitrogens is 1. The highest BCUT2D eigenvalue weighted by molar-refractivity contribution is 5.92. The average molecular weight is 225 g/mol. The molecule has 16 heavy (non-hydrogen) atoms. The molecule has 0 saturated heterocycles. The molecule has 5 heteroatoms. The molecular formula is C11H16FN3O. The van der Waals surface area contributed by atoms with Crippen LogP contribution in [0.15, 0.2) is 18.5 Å². The van der Waals surface area contributed by atoms with E-state index in [-0.39, 0.29) is 30.0 Å².